The van der Waals surface area contributed by atoms with Gasteiger partial charge < -0.3 is 0 Å². The van der Waals surface area contributed by atoms with Crippen molar-refractivity contribution in [1.29, 1.82) is 0 Å². The molecule has 16 heavy (non-hydrogen) atoms. The minimum atomic E-state index is 0.685. The molecule has 4 rings (SSSR count). The standard InChI is InChI=1S/C13H19N3/c1-2-10-5-8(1)6-11(10)7-12-14-13(16-15-12)9-3-4-9/h8-11H,1-7H2,(H,14,15,16). The first kappa shape index (κ1) is 9.20. The van der Waals surface area contributed by atoms with Gasteiger partial charge in [-0.25, -0.2) is 4.98 Å². The maximum atomic E-state index is 4.65. The van der Waals surface area contributed by atoms with Gasteiger partial charge in [-0.1, -0.05) is 6.42 Å². The van der Waals surface area contributed by atoms with Crippen molar-refractivity contribution in [2.45, 2.75) is 50.9 Å². The van der Waals surface area contributed by atoms with Crippen molar-refractivity contribution in [2.75, 3.05) is 0 Å². The summed E-state index contributed by atoms with van der Waals surface area (Å²) in [6.07, 6.45) is 9.65. The summed E-state index contributed by atoms with van der Waals surface area (Å²) in [5.74, 6) is 5.86. The minimum Gasteiger partial charge on any atom is -0.263 e. The highest BCUT2D eigenvalue weighted by Gasteiger charge is 2.39. The number of nitrogens with zero attached hydrogens (tertiary/aromatic N) is 2. The molecule has 2 bridgehead atoms. The summed E-state index contributed by atoms with van der Waals surface area (Å²) < 4.78 is 0. The Bertz CT molecular complexity index is 394. The lowest BCUT2D eigenvalue weighted by Gasteiger charge is -2.19. The molecule has 0 saturated heterocycles. The Labute approximate surface area is 96.0 Å². The summed E-state index contributed by atoms with van der Waals surface area (Å²) in [6.45, 7) is 0. The molecule has 3 unspecified atom stereocenters. The van der Waals surface area contributed by atoms with Gasteiger partial charge in [-0.3, -0.25) is 5.10 Å². The third-order valence-corrected chi connectivity index (χ3v) is 4.83. The molecule has 3 aliphatic rings. The Balaban J connectivity index is 1.45. The van der Waals surface area contributed by atoms with E-state index in [-0.39, 0.29) is 0 Å². The second kappa shape index (κ2) is 3.31. The number of rotatable bonds is 3. The fourth-order valence-corrected chi connectivity index (χ4v) is 3.80. The summed E-state index contributed by atoms with van der Waals surface area (Å²) >= 11 is 0. The zero-order valence-corrected chi connectivity index (χ0v) is 9.65. The highest BCUT2D eigenvalue weighted by molar-refractivity contribution is 5.06. The number of H-pyrrole nitrogens is 1. The predicted molar refractivity (Wildman–Crippen MR) is 61.0 cm³/mol. The van der Waals surface area contributed by atoms with Crippen LogP contribution in [0.15, 0.2) is 0 Å². The molecule has 3 nitrogen and oxygen atoms in total. The third-order valence-electron chi connectivity index (χ3n) is 4.83. The topological polar surface area (TPSA) is 41.6 Å². The van der Waals surface area contributed by atoms with E-state index in [0.29, 0.717) is 5.92 Å². The number of fused-ring (bicyclic) bond motifs is 2. The number of aromatic amines is 1. The van der Waals surface area contributed by atoms with Crippen LogP contribution in [0.5, 0.6) is 0 Å². The third kappa shape index (κ3) is 1.48. The number of aromatic nitrogens is 3. The van der Waals surface area contributed by atoms with Gasteiger partial charge >= 0.3 is 0 Å². The molecule has 3 aliphatic carbocycles. The van der Waals surface area contributed by atoms with Crippen molar-refractivity contribution in [3.05, 3.63) is 11.6 Å². The van der Waals surface area contributed by atoms with Gasteiger partial charge in [0.05, 0.1) is 0 Å². The quantitative estimate of drug-likeness (QED) is 0.845. The first-order chi connectivity index (χ1) is 7.88. The highest BCUT2D eigenvalue weighted by atomic mass is 15.2. The van der Waals surface area contributed by atoms with E-state index < -0.39 is 0 Å². The first-order valence-electron chi connectivity index (χ1n) is 6.79. The van der Waals surface area contributed by atoms with Gasteiger partial charge in [0.15, 0.2) is 5.82 Å². The normalized spacial score (nSPS) is 37.1. The zero-order valence-electron chi connectivity index (χ0n) is 9.65. The number of hydrogen-bond acceptors (Lipinski definition) is 2. The largest absolute Gasteiger partial charge is 0.263 e. The van der Waals surface area contributed by atoms with Crippen molar-refractivity contribution in [1.82, 2.24) is 15.2 Å². The molecule has 0 radical (unpaired) electrons. The molecule has 3 heteroatoms. The molecular weight excluding hydrogens is 198 g/mol. The average Bonchev–Trinajstić information content (AvgIpc) is 2.76. The molecule has 1 heterocycles. The van der Waals surface area contributed by atoms with Crippen molar-refractivity contribution in [3.8, 4) is 0 Å². The van der Waals surface area contributed by atoms with Crippen LogP contribution < -0.4 is 0 Å². The van der Waals surface area contributed by atoms with Gasteiger partial charge in [0, 0.05) is 12.3 Å². The smallest absolute Gasteiger partial charge is 0.153 e. The highest BCUT2D eigenvalue weighted by Crippen LogP contribution is 2.49. The maximum absolute atomic E-state index is 4.65. The minimum absolute atomic E-state index is 0.685. The van der Waals surface area contributed by atoms with E-state index in [9.17, 15) is 0 Å². The maximum Gasteiger partial charge on any atom is 0.153 e. The Morgan fingerprint density at radius 1 is 1.12 bits per heavy atom. The van der Waals surface area contributed by atoms with Crippen LogP contribution >= 0.6 is 0 Å². The van der Waals surface area contributed by atoms with E-state index in [1.807, 2.05) is 0 Å². The van der Waals surface area contributed by atoms with Crippen molar-refractivity contribution < 1.29 is 0 Å². The lowest BCUT2D eigenvalue weighted by atomic mass is 9.86. The molecule has 3 atom stereocenters. The summed E-state index contributed by atoms with van der Waals surface area (Å²) in [5.41, 5.74) is 0. The van der Waals surface area contributed by atoms with Crippen LogP contribution in [0, 0.1) is 17.8 Å². The SMILES string of the molecule is C1CC2CC1CC2Cc1nc(C2CC2)n[nH]1. The Morgan fingerprint density at radius 3 is 2.75 bits per heavy atom. The van der Waals surface area contributed by atoms with Gasteiger partial charge in [0.25, 0.3) is 0 Å². The van der Waals surface area contributed by atoms with E-state index >= 15 is 0 Å². The molecule has 3 saturated carbocycles. The molecule has 0 aromatic carbocycles. The second-order valence-corrected chi connectivity index (χ2v) is 6.05. The van der Waals surface area contributed by atoms with Crippen LogP contribution in [-0.2, 0) is 6.42 Å². The molecule has 1 N–H and O–H groups in total. The van der Waals surface area contributed by atoms with E-state index in [0.717, 1.165) is 35.8 Å². The van der Waals surface area contributed by atoms with Crippen molar-refractivity contribution >= 4 is 0 Å². The van der Waals surface area contributed by atoms with Gasteiger partial charge in [0.1, 0.15) is 5.82 Å². The lowest BCUT2D eigenvalue weighted by molar-refractivity contribution is 0.327. The number of nitrogens with one attached hydrogen (secondary N) is 1. The van der Waals surface area contributed by atoms with Crippen LogP contribution in [-0.4, -0.2) is 15.2 Å². The van der Waals surface area contributed by atoms with Gasteiger partial charge in [-0.05, 0) is 49.9 Å². The van der Waals surface area contributed by atoms with Crippen molar-refractivity contribution in [3.63, 3.8) is 0 Å². The molecule has 1 aromatic rings. The van der Waals surface area contributed by atoms with Crippen LogP contribution in [0.25, 0.3) is 0 Å². The Morgan fingerprint density at radius 2 is 2.06 bits per heavy atom. The van der Waals surface area contributed by atoms with Gasteiger partial charge in [0.2, 0.25) is 0 Å². The molecule has 1 aromatic heterocycles. The molecule has 0 spiro atoms. The fourth-order valence-electron chi connectivity index (χ4n) is 3.80. The summed E-state index contributed by atoms with van der Waals surface area (Å²) in [7, 11) is 0. The fraction of sp³-hybridized carbons (Fsp3) is 0.846. The summed E-state index contributed by atoms with van der Waals surface area (Å²) in [6, 6.07) is 0. The zero-order chi connectivity index (χ0) is 10.5. The molecular formula is C13H19N3. The van der Waals surface area contributed by atoms with E-state index in [4.69, 9.17) is 0 Å². The average molecular weight is 217 g/mol. The Kier molecular flexibility index (Phi) is 1.91. The van der Waals surface area contributed by atoms with Gasteiger partial charge in [-0.2, -0.15) is 5.10 Å². The summed E-state index contributed by atoms with van der Waals surface area (Å²) in [5, 5.41) is 7.50. The monoisotopic (exact) mass is 217 g/mol. The molecule has 3 fully saturated rings. The molecule has 86 valence electrons. The lowest BCUT2D eigenvalue weighted by Crippen LogP contribution is -2.13. The van der Waals surface area contributed by atoms with E-state index in [1.165, 1.54) is 38.5 Å². The van der Waals surface area contributed by atoms with Gasteiger partial charge in [-0.15, -0.1) is 0 Å². The van der Waals surface area contributed by atoms with Crippen molar-refractivity contribution in [2.24, 2.45) is 17.8 Å². The van der Waals surface area contributed by atoms with Crippen LogP contribution in [0.3, 0.4) is 0 Å². The molecule has 0 aliphatic heterocycles. The van der Waals surface area contributed by atoms with E-state index in [2.05, 4.69) is 15.2 Å². The number of hydrogen-bond donors (Lipinski definition) is 1. The van der Waals surface area contributed by atoms with Crippen LogP contribution in [0.4, 0.5) is 0 Å². The first-order valence-corrected chi connectivity index (χ1v) is 6.79. The Hall–Kier alpha value is -0.860. The predicted octanol–water partition coefficient (Wildman–Crippen LogP) is 2.66. The van der Waals surface area contributed by atoms with Crippen LogP contribution in [0.2, 0.25) is 0 Å². The second-order valence-electron chi connectivity index (χ2n) is 6.05. The van der Waals surface area contributed by atoms with E-state index in [1.54, 1.807) is 0 Å². The molecule has 0 amide bonds. The van der Waals surface area contributed by atoms with Crippen LogP contribution in [0.1, 0.15) is 56.1 Å². The summed E-state index contributed by atoms with van der Waals surface area (Å²) in [4.78, 5) is 4.65.